The van der Waals surface area contributed by atoms with Gasteiger partial charge in [0, 0.05) is 17.2 Å². The maximum atomic E-state index is 12.8. The Morgan fingerprint density at radius 3 is 2.41 bits per heavy atom. The molecule has 0 bridgehead atoms. The maximum Gasteiger partial charge on any atom is 0.263 e. The molecular formula is C25H31N3O5S. The largest absolute Gasteiger partial charge is 0.493 e. The highest BCUT2D eigenvalue weighted by Gasteiger charge is 2.27. The van der Waals surface area contributed by atoms with Crippen LogP contribution in [0.2, 0.25) is 0 Å². The van der Waals surface area contributed by atoms with Crippen molar-refractivity contribution in [3.05, 3.63) is 65.4 Å². The predicted molar refractivity (Wildman–Crippen MR) is 132 cm³/mol. The number of hydrogen-bond acceptors (Lipinski definition) is 6. The number of sulfonamides is 1. The molecule has 1 heterocycles. The lowest BCUT2D eigenvalue weighted by molar-refractivity contribution is -0.124. The van der Waals surface area contributed by atoms with Crippen molar-refractivity contribution in [2.45, 2.75) is 52.4 Å². The summed E-state index contributed by atoms with van der Waals surface area (Å²) in [6, 6.07) is 13.5. The minimum Gasteiger partial charge on any atom is -0.493 e. The van der Waals surface area contributed by atoms with Gasteiger partial charge in [-0.2, -0.15) is 0 Å². The summed E-state index contributed by atoms with van der Waals surface area (Å²) < 4.78 is 38.1. The van der Waals surface area contributed by atoms with E-state index in [0.29, 0.717) is 24.5 Å². The second-order valence-electron chi connectivity index (χ2n) is 9.01. The van der Waals surface area contributed by atoms with Gasteiger partial charge in [-0.25, -0.2) is 8.42 Å². The van der Waals surface area contributed by atoms with Crippen molar-refractivity contribution >= 4 is 27.4 Å². The average Bonchev–Trinajstić information content (AvgIpc) is 3.17. The van der Waals surface area contributed by atoms with Gasteiger partial charge in [-0.05, 0) is 75.1 Å². The Hall–Kier alpha value is -3.33. The third kappa shape index (κ3) is 6.60. The van der Waals surface area contributed by atoms with E-state index in [0.717, 1.165) is 23.3 Å². The first kappa shape index (κ1) is 25.3. The van der Waals surface area contributed by atoms with Crippen molar-refractivity contribution in [1.29, 1.82) is 0 Å². The van der Waals surface area contributed by atoms with Crippen molar-refractivity contribution in [3.63, 3.8) is 0 Å². The van der Waals surface area contributed by atoms with Crippen LogP contribution >= 0.6 is 0 Å². The van der Waals surface area contributed by atoms with E-state index in [1.165, 1.54) is 18.2 Å². The van der Waals surface area contributed by atoms with Gasteiger partial charge in [0.25, 0.3) is 10.0 Å². The summed E-state index contributed by atoms with van der Waals surface area (Å²) in [5, 5.41) is 6.50. The van der Waals surface area contributed by atoms with Gasteiger partial charge in [0.15, 0.2) is 5.82 Å². The summed E-state index contributed by atoms with van der Waals surface area (Å²) in [6.45, 7) is 9.98. The van der Waals surface area contributed by atoms with Crippen LogP contribution in [-0.4, -0.2) is 26.1 Å². The second-order valence-corrected chi connectivity index (χ2v) is 10.7. The van der Waals surface area contributed by atoms with E-state index in [1.54, 1.807) is 19.1 Å². The van der Waals surface area contributed by atoms with Gasteiger partial charge in [0.05, 0.1) is 11.5 Å². The quantitative estimate of drug-likeness (QED) is 0.381. The molecule has 1 amide bonds. The van der Waals surface area contributed by atoms with Crippen molar-refractivity contribution in [2.24, 2.45) is 5.41 Å². The molecule has 1 aromatic heterocycles. The van der Waals surface area contributed by atoms with Gasteiger partial charge < -0.3 is 14.6 Å². The Morgan fingerprint density at radius 2 is 1.76 bits per heavy atom. The van der Waals surface area contributed by atoms with Crippen LogP contribution in [0.3, 0.4) is 0 Å². The molecule has 0 spiro atoms. The zero-order valence-corrected chi connectivity index (χ0v) is 21.0. The van der Waals surface area contributed by atoms with Gasteiger partial charge >= 0.3 is 0 Å². The Labute approximate surface area is 200 Å². The van der Waals surface area contributed by atoms with Crippen LogP contribution in [0.1, 0.15) is 43.6 Å². The number of aromatic nitrogens is 1. The number of ether oxygens (including phenoxy) is 1. The maximum absolute atomic E-state index is 12.8. The first-order valence-corrected chi connectivity index (χ1v) is 12.5. The highest BCUT2D eigenvalue weighted by molar-refractivity contribution is 7.92. The smallest absolute Gasteiger partial charge is 0.263 e. The highest BCUT2D eigenvalue weighted by atomic mass is 32.2. The number of anilines is 2. The Kier molecular flexibility index (Phi) is 7.66. The molecule has 0 radical (unpaired) electrons. The standard InChI is InChI=1S/C25H31N3O5S/c1-17-7-8-18(2)22(15-17)32-14-6-13-25(4,5)24(29)26-20-9-11-21(12-10-20)34(30,31)28-23-16-19(3)33-27-23/h7-12,15-16H,6,13-14H2,1-5H3,(H,26,29)(H,27,28). The summed E-state index contributed by atoms with van der Waals surface area (Å²) in [6.07, 6.45) is 1.36. The lowest BCUT2D eigenvalue weighted by Gasteiger charge is -2.24. The van der Waals surface area contributed by atoms with Crippen LogP contribution in [0.15, 0.2) is 57.9 Å². The number of nitrogens with zero attached hydrogens (tertiary/aromatic N) is 1. The first-order chi connectivity index (χ1) is 16.0. The number of aryl methyl sites for hydroxylation is 3. The predicted octanol–water partition coefficient (Wildman–Crippen LogP) is 5.22. The fourth-order valence-corrected chi connectivity index (χ4v) is 4.29. The molecule has 182 valence electrons. The molecule has 3 aromatic rings. The summed E-state index contributed by atoms with van der Waals surface area (Å²) in [7, 11) is -3.82. The van der Waals surface area contributed by atoms with E-state index in [-0.39, 0.29) is 16.6 Å². The van der Waals surface area contributed by atoms with E-state index in [4.69, 9.17) is 9.26 Å². The average molecular weight is 486 g/mol. The topological polar surface area (TPSA) is 111 Å². The molecule has 2 aromatic carbocycles. The number of benzene rings is 2. The summed E-state index contributed by atoms with van der Waals surface area (Å²) in [5.74, 6) is 1.32. The van der Waals surface area contributed by atoms with Crippen molar-refractivity contribution < 1.29 is 22.5 Å². The zero-order chi connectivity index (χ0) is 24.9. The fourth-order valence-electron chi connectivity index (χ4n) is 3.30. The van der Waals surface area contributed by atoms with E-state index >= 15 is 0 Å². The third-order valence-electron chi connectivity index (χ3n) is 5.45. The summed E-state index contributed by atoms with van der Waals surface area (Å²) in [4.78, 5) is 12.9. The zero-order valence-electron chi connectivity index (χ0n) is 20.1. The lowest BCUT2D eigenvalue weighted by atomic mass is 9.87. The number of carbonyl (C=O) groups is 1. The van der Waals surface area contributed by atoms with Crippen LogP contribution in [0.4, 0.5) is 11.5 Å². The van der Waals surface area contributed by atoms with Crippen LogP contribution in [0.25, 0.3) is 0 Å². The van der Waals surface area contributed by atoms with Crippen molar-refractivity contribution in [2.75, 3.05) is 16.6 Å². The Morgan fingerprint density at radius 1 is 1.06 bits per heavy atom. The third-order valence-corrected chi connectivity index (χ3v) is 6.82. The summed E-state index contributed by atoms with van der Waals surface area (Å²) in [5.41, 5.74) is 2.12. The van der Waals surface area contributed by atoms with Gasteiger partial charge in [-0.3, -0.25) is 9.52 Å². The van der Waals surface area contributed by atoms with Gasteiger partial charge in [0.2, 0.25) is 5.91 Å². The lowest BCUT2D eigenvalue weighted by Crippen LogP contribution is -2.31. The minimum absolute atomic E-state index is 0.0500. The SMILES string of the molecule is Cc1ccc(C)c(OCCCC(C)(C)C(=O)Nc2ccc(S(=O)(=O)Nc3cc(C)on3)cc2)c1. The molecule has 0 fully saturated rings. The fraction of sp³-hybridized carbons (Fsp3) is 0.360. The monoisotopic (exact) mass is 485 g/mol. The summed E-state index contributed by atoms with van der Waals surface area (Å²) >= 11 is 0. The van der Waals surface area contributed by atoms with Gasteiger partial charge in [-0.15, -0.1) is 0 Å². The molecule has 0 atom stereocenters. The van der Waals surface area contributed by atoms with Crippen LogP contribution in [0.5, 0.6) is 5.75 Å². The number of nitrogens with one attached hydrogen (secondary N) is 2. The Balaban J connectivity index is 1.53. The number of amides is 1. The molecule has 0 aliphatic rings. The van der Waals surface area contributed by atoms with Gasteiger partial charge in [0.1, 0.15) is 11.5 Å². The van der Waals surface area contributed by atoms with Crippen molar-refractivity contribution in [3.8, 4) is 5.75 Å². The van der Waals surface area contributed by atoms with Crippen LogP contribution in [-0.2, 0) is 14.8 Å². The molecule has 34 heavy (non-hydrogen) atoms. The molecule has 8 nitrogen and oxygen atoms in total. The van der Waals surface area contributed by atoms with Crippen LogP contribution < -0.4 is 14.8 Å². The molecule has 2 N–H and O–H groups in total. The van der Waals surface area contributed by atoms with Gasteiger partial charge in [-0.1, -0.05) is 31.1 Å². The van der Waals surface area contributed by atoms with E-state index in [1.807, 2.05) is 45.9 Å². The number of hydrogen-bond donors (Lipinski definition) is 2. The van der Waals surface area contributed by atoms with E-state index < -0.39 is 15.4 Å². The Bertz CT molecular complexity index is 1250. The molecule has 0 aliphatic heterocycles. The van der Waals surface area contributed by atoms with E-state index in [9.17, 15) is 13.2 Å². The van der Waals surface area contributed by atoms with Crippen molar-refractivity contribution in [1.82, 2.24) is 5.16 Å². The molecule has 0 aliphatic carbocycles. The van der Waals surface area contributed by atoms with Crippen LogP contribution in [0, 0.1) is 26.2 Å². The number of rotatable bonds is 10. The molecular weight excluding hydrogens is 454 g/mol. The molecule has 0 saturated carbocycles. The second kappa shape index (κ2) is 10.3. The highest BCUT2D eigenvalue weighted by Crippen LogP contribution is 2.26. The molecule has 0 unspecified atom stereocenters. The normalized spacial score (nSPS) is 11.8. The first-order valence-electron chi connectivity index (χ1n) is 11.0. The molecule has 3 rings (SSSR count). The molecule has 9 heteroatoms. The number of carbonyl (C=O) groups excluding carboxylic acids is 1. The van der Waals surface area contributed by atoms with E-state index in [2.05, 4.69) is 15.2 Å². The molecule has 0 saturated heterocycles. The minimum atomic E-state index is -3.82.